The molecule has 1 N–H and O–H groups in total. The third-order valence-electron chi connectivity index (χ3n) is 5.69. The van der Waals surface area contributed by atoms with Crippen molar-refractivity contribution in [3.63, 3.8) is 0 Å². The first-order valence-corrected chi connectivity index (χ1v) is 11.4. The zero-order chi connectivity index (χ0) is 24.2. The minimum absolute atomic E-state index is 0.0816. The van der Waals surface area contributed by atoms with Crippen molar-refractivity contribution in [1.82, 2.24) is 20.4 Å². The second-order valence-electron chi connectivity index (χ2n) is 7.80. The summed E-state index contributed by atoms with van der Waals surface area (Å²) in [6.45, 7) is 6.03. The number of methoxy groups -OCH3 is 1. The molecule has 0 saturated carbocycles. The van der Waals surface area contributed by atoms with Crippen molar-refractivity contribution in [2.24, 2.45) is 0 Å². The van der Waals surface area contributed by atoms with Gasteiger partial charge >= 0.3 is 0 Å². The average molecular weight is 482 g/mol. The van der Waals surface area contributed by atoms with Crippen LogP contribution in [0.25, 0.3) is 22.0 Å². The number of anilines is 1. The molecule has 0 saturated heterocycles. The summed E-state index contributed by atoms with van der Waals surface area (Å²) >= 11 is 6.31. The molecule has 4 rings (SSSR count). The van der Waals surface area contributed by atoms with Gasteiger partial charge in [0.25, 0.3) is 0 Å². The van der Waals surface area contributed by atoms with Crippen LogP contribution < -0.4 is 9.64 Å². The van der Waals surface area contributed by atoms with E-state index in [1.165, 1.54) is 25.4 Å². The number of rotatable bonds is 8. The molecule has 1 unspecified atom stereocenters. The van der Waals surface area contributed by atoms with Gasteiger partial charge in [-0.15, -0.1) is 10.2 Å². The molecule has 2 aromatic heterocycles. The van der Waals surface area contributed by atoms with Gasteiger partial charge in [-0.05, 0) is 49.7 Å². The summed E-state index contributed by atoms with van der Waals surface area (Å²) in [5.74, 6) is -0.211. The van der Waals surface area contributed by atoms with Crippen LogP contribution in [-0.4, -0.2) is 45.7 Å². The van der Waals surface area contributed by atoms with Gasteiger partial charge in [0.15, 0.2) is 0 Å². The fourth-order valence-electron chi connectivity index (χ4n) is 3.93. The topological polar surface area (TPSA) is 84.3 Å². The van der Waals surface area contributed by atoms with Crippen molar-refractivity contribution >= 4 is 28.2 Å². The third kappa shape index (κ3) is 4.64. The zero-order valence-electron chi connectivity index (χ0n) is 19.2. The first-order valence-electron chi connectivity index (χ1n) is 11.0. The smallest absolute Gasteiger partial charge is 0.233 e. The summed E-state index contributed by atoms with van der Waals surface area (Å²) < 4.78 is 20.1. The zero-order valence-corrected chi connectivity index (χ0v) is 19.9. The molecule has 0 aliphatic heterocycles. The fourth-order valence-corrected chi connectivity index (χ4v) is 4.18. The summed E-state index contributed by atoms with van der Waals surface area (Å²) in [6, 6.07) is 11.8. The number of aliphatic hydroxyl groups excluding tert-OH is 1. The second-order valence-corrected chi connectivity index (χ2v) is 8.20. The molecule has 2 aromatic carbocycles. The van der Waals surface area contributed by atoms with E-state index < -0.39 is 11.9 Å². The molecule has 0 radical (unpaired) electrons. The number of hydrogen-bond acceptors (Lipinski definition) is 7. The number of aromatic nitrogens is 4. The van der Waals surface area contributed by atoms with Gasteiger partial charge in [-0.2, -0.15) is 10.2 Å². The Balaban J connectivity index is 1.78. The number of fused-ring (bicyclic) bond motifs is 1. The van der Waals surface area contributed by atoms with Crippen LogP contribution in [0.2, 0.25) is 5.02 Å². The normalized spacial score (nSPS) is 12.1. The fraction of sp³-hybridized carbons (Fsp3) is 0.280. The number of halogens is 2. The van der Waals surface area contributed by atoms with Gasteiger partial charge in [-0.25, -0.2) is 4.39 Å². The summed E-state index contributed by atoms with van der Waals surface area (Å²) in [5.41, 5.74) is 3.07. The number of nitrogens with zero attached hydrogens (tertiary/aromatic N) is 5. The molecule has 0 amide bonds. The summed E-state index contributed by atoms with van der Waals surface area (Å²) in [5, 5.41) is 28.0. The lowest BCUT2D eigenvalue weighted by molar-refractivity contribution is 0.213. The van der Waals surface area contributed by atoms with Gasteiger partial charge in [0.05, 0.1) is 24.5 Å². The lowest BCUT2D eigenvalue weighted by Gasteiger charge is -2.22. The molecule has 7 nitrogen and oxygen atoms in total. The predicted octanol–water partition coefficient (Wildman–Crippen LogP) is 5.21. The Hall–Kier alpha value is -3.36. The van der Waals surface area contributed by atoms with Crippen LogP contribution in [-0.2, 0) is 0 Å². The van der Waals surface area contributed by atoms with Crippen molar-refractivity contribution < 1.29 is 14.2 Å². The van der Waals surface area contributed by atoms with Crippen molar-refractivity contribution in [1.29, 1.82) is 0 Å². The number of ether oxygens (including phenoxy) is 1. The molecule has 2 heterocycles. The van der Waals surface area contributed by atoms with E-state index in [-0.39, 0.29) is 16.3 Å². The molecule has 1 atom stereocenters. The van der Waals surface area contributed by atoms with Crippen LogP contribution in [0.15, 0.2) is 48.7 Å². The van der Waals surface area contributed by atoms with E-state index in [1.54, 1.807) is 12.1 Å². The summed E-state index contributed by atoms with van der Waals surface area (Å²) in [7, 11) is 1.48. The van der Waals surface area contributed by atoms with Gasteiger partial charge in [0.1, 0.15) is 11.9 Å². The van der Waals surface area contributed by atoms with Gasteiger partial charge in [-0.1, -0.05) is 18.5 Å². The first kappa shape index (κ1) is 23.8. The number of hydrogen-bond donors (Lipinski definition) is 1. The molecule has 4 aromatic rings. The van der Waals surface area contributed by atoms with Gasteiger partial charge in [0, 0.05) is 51.9 Å². The lowest BCUT2D eigenvalue weighted by atomic mass is 9.97. The molecule has 9 heteroatoms. The Morgan fingerprint density at radius 2 is 1.88 bits per heavy atom. The van der Waals surface area contributed by atoms with Crippen molar-refractivity contribution in [2.75, 3.05) is 25.1 Å². The van der Waals surface area contributed by atoms with E-state index in [0.29, 0.717) is 22.5 Å². The Morgan fingerprint density at radius 1 is 1.06 bits per heavy atom. The van der Waals surface area contributed by atoms with Crippen LogP contribution in [0.4, 0.5) is 10.1 Å². The maximum Gasteiger partial charge on any atom is 0.233 e. The Labute approximate surface area is 202 Å². The monoisotopic (exact) mass is 481 g/mol. The third-order valence-corrected chi connectivity index (χ3v) is 6.01. The Bertz CT molecular complexity index is 1300. The molecule has 34 heavy (non-hydrogen) atoms. The van der Waals surface area contributed by atoms with Crippen molar-refractivity contribution in [2.45, 2.75) is 26.4 Å². The SMILES string of the molecule is CCCN(CC)c1ccc2c(-c3cc(C(O)c4ccc(OC)nn4)c(Cl)cc3F)cnnc2c1. The maximum atomic E-state index is 15.1. The molecule has 0 fully saturated rings. The number of benzene rings is 2. The average Bonchev–Trinajstić information content (AvgIpc) is 2.86. The van der Waals surface area contributed by atoms with Crippen molar-refractivity contribution in [3.8, 4) is 17.0 Å². The first-order chi connectivity index (χ1) is 16.5. The molecule has 0 aliphatic rings. The van der Waals surface area contributed by atoms with Gasteiger partial charge in [0.2, 0.25) is 5.88 Å². The molecule has 0 spiro atoms. The van der Waals surface area contributed by atoms with Gasteiger partial charge in [-0.3, -0.25) is 0 Å². The molecular formula is C25H25ClFN5O2. The van der Waals surface area contributed by atoms with E-state index >= 15 is 4.39 Å². The largest absolute Gasteiger partial charge is 0.480 e. The van der Waals surface area contributed by atoms with Gasteiger partial charge < -0.3 is 14.7 Å². The van der Waals surface area contributed by atoms with Crippen LogP contribution >= 0.6 is 11.6 Å². The minimum atomic E-state index is -1.20. The minimum Gasteiger partial charge on any atom is -0.480 e. The van der Waals surface area contributed by atoms with E-state index in [9.17, 15) is 5.11 Å². The highest BCUT2D eigenvalue weighted by atomic mass is 35.5. The van der Waals surface area contributed by atoms with Crippen molar-refractivity contribution in [3.05, 3.63) is 70.8 Å². The molecular weight excluding hydrogens is 457 g/mol. The second kappa shape index (κ2) is 10.3. The highest BCUT2D eigenvalue weighted by Gasteiger charge is 2.21. The highest BCUT2D eigenvalue weighted by Crippen LogP contribution is 2.36. The summed E-state index contributed by atoms with van der Waals surface area (Å²) in [4.78, 5) is 2.25. The molecule has 0 aliphatic carbocycles. The summed E-state index contributed by atoms with van der Waals surface area (Å²) in [6.07, 6.45) is 1.34. The Kier molecular flexibility index (Phi) is 7.19. The van der Waals surface area contributed by atoms with Crippen LogP contribution in [0.3, 0.4) is 0 Å². The number of aliphatic hydroxyl groups is 1. The van der Waals surface area contributed by atoms with Crippen LogP contribution in [0.5, 0.6) is 5.88 Å². The lowest BCUT2D eigenvalue weighted by Crippen LogP contribution is -2.23. The molecule has 176 valence electrons. The molecule has 0 bridgehead atoms. The standard InChI is InChI=1S/C25H25ClFN5O2/c1-4-10-32(5-2)15-6-7-16-19(14-28-29-23(16)11-15)17-12-18(20(26)13-21(17)27)25(33)22-8-9-24(34-3)31-30-22/h6-9,11-14,25,33H,4-5,10H2,1-3H3. The van der Waals surface area contributed by atoms with E-state index in [0.717, 1.165) is 30.6 Å². The van der Waals surface area contributed by atoms with E-state index in [2.05, 4.69) is 39.1 Å². The van der Waals surface area contributed by atoms with E-state index in [1.807, 2.05) is 18.2 Å². The highest BCUT2D eigenvalue weighted by molar-refractivity contribution is 6.31. The van der Waals surface area contributed by atoms with Crippen LogP contribution in [0.1, 0.15) is 37.6 Å². The van der Waals surface area contributed by atoms with Crippen LogP contribution in [0, 0.1) is 5.82 Å². The van der Waals surface area contributed by atoms with E-state index in [4.69, 9.17) is 16.3 Å². The quantitative estimate of drug-likeness (QED) is 0.370. The maximum absolute atomic E-state index is 15.1. The Morgan fingerprint density at radius 3 is 2.56 bits per heavy atom. The predicted molar refractivity (Wildman–Crippen MR) is 131 cm³/mol.